The predicted molar refractivity (Wildman–Crippen MR) is 65.1 cm³/mol. The summed E-state index contributed by atoms with van der Waals surface area (Å²) >= 11 is 0. The van der Waals surface area contributed by atoms with Crippen LogP contribution in [-0.4, -0.2) is 23.3 Å². The third-order valence-electron chi connectivity index (χ3n) is 2.83. The van der Waals surface area contributed by atoms with Gasteiger partial charge in [0.15, 0.2) is 0 Å². The van der Waals surface area contributed by atoms with Gasteiger partial charge >= 0.3 is 12.1 Å². The lowest BCUT2D eigenvalue weighted by Crippen LogP contribution is -2.39. The molecule has 0 spiro atoms. The number of carboxylic acid groups (broad SMARTS) is 1. The summed E-state index contributed by atoms with van der Waals surface area (Å²) in [4.78, 5) is 10.8. The lowest BCUT2D eigenvalue weighted by atomic mass is 10.1. The quantitative estimate of drug-likeness (QED) is 0.887. The second-order valence-electron chi connectivity index (χ2n) is 4.35. The first-order valence-corrected chi connectivity index (χ1v) is 5.85. The molecule has 108 valence electrons. The van der Waals surface area contributed by atoms with Crippen molar-refractivity contribution in [2.75, 3.05) is 0 Å². The van der Waals surface area contributed by atoms with Gasteiger partial charge in [-0.2, -0.15) is 13.2 Å². The normalized spacial score (nSPS) is 13.6. The second kappa shape index (κ2) is 5.54. The van der Waals surface area contributed by atoms with E-state index in [1.165, 1.54) is 6.26 Å². The molecule has 0 saturated heterocycles. The van der Waals surface area contributed by atoms with Crippen LogP contribution in [-0.2, 0) is 11.3 Å². The third-order valence-corrected chi connectivity index (χ3v) is 2.83. The molecule has 4 nitrogen and oxygen atoms in total. The van der Waals surface area contributed by atoms with Crippen molar-refractivity contribution in [3.05, 3.63) is 36.1 Å². The molecule has 0 amide bonds. The van der Waals surface area contributed by atoms with Gasteiger partial charge in [0.05, 0.1) is 12.7 Å². The van der Waals surface area contributed by atoms with Crippen LogP contribution < -0.4 is 5.32 Å². The molecule has 0 fully saturated rings. The summed E-state index contributed by atoms with van der Waals surface area (Å²) in [5.41, 5.74) is 1.22. The molecule has 2 N–H and O–H groups in total. The maximum atomic E-state index is 12.3. The van der Waals surface area contributed by atoms with E-state index >= 15 is 0 Å². The monoisotopic (exact) mass is 287 g/mol. The molecular weight excluding hydrogens is 275 g/mol. The van der Waals surface area contributed by atoms with Crippen molar-refractivity contribution in [2.45, 2.75) is 25.2 Å². The number of para-hydroxylation sites is 1. The van der Waals surface area contributed by atoms with Crippen LogP contribution in [0.5, 0.6) is 0 Å². The number of alkyl halides is 3. The first-order valence-electron chi connectivity index (χ1n) is 5.85. The lowest BCUT2D eigenvalue weighted by molar-refractivity contribution is -0.158. The highest BCUT2D eigenvalue weighted by atomic mass is 19.4. The Labute approximate surface area is 112 Å². The van der Waals surface area contributed by atoms with Crippen LogP contribution in [0.25, 0.3) is 11.0 Å². The van der Waals surface area contributed by atoms with Gasteiger partial charge < -0.3 is 9.52 Å². The summed E-state index contributed by atoms with van der Waals surface area (Å²) in [6, 6.07) is 5.35. The van der Waals surface area contributed by atoms with E-state index in [9.17, 15) is 18.0 Å². The molecule has 7 heteroatoms. The third kappa shape index (κ3) is 3.51. The average Bonchev–Trinajstić information content (AvgIpc) is 2.76. The van der Waals surface area contributed by atoms with Gasteiger partial charge in [0.2, 0.25) is 0 Å². The molecule has 1 atom stereocenters. The summed E-state index contributed by atoms with van der Waals surface area (Å²) in [5, 5.41) is 11.9. The van der Waals surface area contributed by atoms with Crippen LogP contribution in [0.1, 0.15) is 12.0 Å². The first-order chi connectivity index (χ1) is 9.37. The zero-order valence-corrected chi connectivity index (χ0v) is 10.3. The largest absolute Gasteiger partial charge is 0.480 e. The first kappa shape index (κ1) is 14.4. The Bertz CT molecular complexity index is 606. The number of fused-ring (bicyclic) bond motifs is 1. The van der Waals surface area contributed by atoms with Gasteiger partial charge in [-0.05, 0) is 6.07 Å². The van der Waals surface area contributed by atoms with Gasteiger partial charge in [-0.25, -0.2) is 0 Å². The van der Waals surface area contributed by atoms with Crippen LogP contribution in [0.3, 0.4) is 0 Å². The number of carboxylic acids is 1. The van der Waals surface area contributed by atoms with Crippen molar-refractivity contribution in [1.82, 2.24) is 5.32 Å². The van der Waals surface area contributed by atoms with Gasteiger partial charge in [0.1, 0.15) is 11.6 Å². The summed E-state index contributed by atoms with van der Waals surface area (Å²) in [5.74, 6) is -1.53. The van der Waals surface area contributed by atoms with E-state index in [4.69, 9.17) is 9.52 Å². The molecule has 1 aromatic heterocycles. The highest BCUT2D eigenvalue weighted by molar-refractivity contribution is 5.81. The highest BCUT2D eigenvalue weighted by Gasteiger charge is 2.35. The molecule has 0 saturated carbocycles. The number of furan rings is 1. The van der Waals surface area contributed by atoms with Gasteiger partial charge in [-0.1, -0.05) is 18.2 Å². The Morgan fingerprint density at radius 1 is 1.35 bits per heavy atom. The summed E-state index contributed by atoms with van der Waals surface area (Å²) in [6.45, 7) is -0.00986. The maximum Gasteiger partial charge on any atom is 0.391 e. The molecule has 0 aliphatic heterocycles. The molecule has 0 radical (unpaired) electrons. The number of nitrogens with one attached hydrogen (secondary N) is 1. The van der Waals surface area contributed by atoms with E-state index in [-0.39, 0.29) is 6.54 Å². The molecule has 2 aromatic rings. The van der Waals surface area contributed by atoms with Crippen LogP contribution >= 0.6 is 0 Å². The van der Waals surface area contributed by atoms with Crippen LogP contribution in [0.15, 0.2) is 34.9 Å². The fourth-order valence-electron chi connectivity index (χ4n) is 1.88. The van der Waals surface area contributed by atoms with Crippen LogP contribution in [0, 0.1) is 0 Å². The highest BCUT2D eigenvalue weighted by Crippen LogP contribution is 2.23. The van der Waals surface area contributed by atoms with Crippen LogP contribution in [0.2, 0.25) is 0 Å². The van der Waals surface area contributed by atoms with E-state index in [1.807, 2.05) is 0 Å². The molecule has 0 aliphatic carbocycles. The van der Waals surface area contributed by atoms with Gasteiger partial charge in [-0.3, -0.25) is 10.1 Å². The van der Waals surface area contributed by atoms with E-state index in [0.717, 1.165) is 5.39 Å². The van der Waals surface area contributed by atoms with Gasteiger partial charge in [-0.15, -0.1) is 0 Å². The Morgan fingerprint density at radius 3 is 2.70 bits per heavy atom. The Morgan fingerprint density at radius 2 is 2.05 bits per heavy atom. The minimum absolute atomic E-state index is 0.00986. The molecule has 1 unspecified atom stereocenters. The van der Waals surface area contributed by atoms with E-state index in [1.54, 1.807) is 24.3 Å². The van der Waals surface area contributed by atoms with Crippen molar-refractivity contribution < 1.29 is 27.5 Å². The Balaban J connectivity index is 2.07. The number of carbonyl (C=O) groups is 1. The van der Waals surface area contributed by atoms with Gasteiger partial charge in [0.25, 0.3) is 0 Å². The fourth-order valence-corrected chi connectivity index (χ4v) is 1.88. The van der Waals surface area contributed by atoms with E-state index in [0.29, 0.717) is 11.1 Å². The smallest absolute Gasteiger partial charge is 0.391 e. The number of hydrogen-bond donors (Lipinski definition) is 2. The van der Waals surface area contributed by atoms with Crippen molar-refractivity contribution in [2.24, 2.45) is 0 Å². The summed E-state index contributed by atoms with van der Waals surface area (Å²) in [7, 11) is 0. The standard InChI is InChI=1S/C13H12F3NO3/c14-13(15,16)5-10(12(18)19)17-6-8-7-20-11-4-2-1-3-9(8)11/h1-4,7,10,17H,5-6H2,(H,18,19). The summed E-state index contributed by atoms with van der Waals surface area (Å²) in [6.07, 6.45) is -4.54. The van der Waals surface area contributed by atoms with Crippen molar-refractivity contribution in [1.29, 1.82) is 0 Å². The average molecular weight is 287 g/mol. The molecule has 1 aromatic carbocycles. The number of benzene rings is 1. The molecule has 0 aliphatic rings. The Hall–Kier alpha value is -2.02. The maximum absolute atomic E-state index is 12.3. The molecular formula is C13H12F3NO3. The van der Waals surface area contributed by atoms with Gasteiger partial charge in [0, 0.05) is 17.5 Å². The van der Waals surface area contributed by atoms with Crippen LogP contribution in [0.4, 0.5) is 13.2 Å². The minimum atomic E-state index is -4.53. The number of rotatable bonds is 5. The van der Waals surface area contributed by atoms with E-state index in [2.05, 4.69) is 5.32 Å². The zero-order chi connectivity index (χ0) is 14.8. The van der Waals surface area contributed by atoms with Crippen molar-refractivity contribution in [3.8, 4) is 0 Å². The second-order valence-corrected chi connectivity index (χ2v) is 4.35. The van der Waals surface area contributed by atoms with Crippen molar-refractivity contribution >= 4 is 16.9 Å². The number of hydrogen-bond acceptors (Lipinski definition) is 3. The predicted octanol–water partition coefficient (Wildman–Crippen LogP) is 2.93. The Kier molecular flexibility index (Phi) is 3.99. The van der Waals surface area contributed by atoms with Crippen molar-refractivity contribution in [3.63, 3.8) is 0 Å². The number of halogens is 3. The molecule has 20 heavy (non-hydrogen) atoms. The summed E-state index contributed by atoms with van der Waals surface area (Å²) < 4.78 is 42.0. The SMILES string of the molecule is O=C(O)C(CC(F)(F)F)NCc1coc2ccccc12. The molecule has 1 heterocycles. The topological polar surface area (TPSA) is 62.5 Å². The lowest BCUT2D eigenvalue weighted by Gasteiger charge is -2.15. The van der Waals surface area contributed by atoms with E-state index < -0.39 is 24.6 Å². The minimum Gasteiger partial charge on any atom is -0.480 e. The zero-order valence-electron chi connectivity index (χ0n) is 10.3. The molecule has 2 rings (SSSR count). The molecule has 0 bridgehead atoms. The fraction of sp³-hybridized carbons (Fsp3) is 0.308. The number of aliphatic carboxylic acids is 1.